The molecular formula is C31H36FN3O4. The fraction of sp³-hybridized carbons (Fsp3) is 0.323. The van der Waals surface area contributed by atoms with E-state index in [1.807, 2.05) is 74.1 Å². The number of ether oxygens (including phenoxy) is 3. The Morgan fingerprint density at radius 3 is 2.41 bits per heavy atom. The molecule has 3 aromatic rings. The number of rotatable bonds is 11. The van der Waals surface area contributed by atoms with E-state index in [4.69, 9.17) is 14.2 Å². The van der Waals surface area contributed by atoms with Gasteiger partial charge >= 0.3 is 0 Å². The minimum atomic E-state index is -0.341. The number of carbonyl (C=O) groups excluding carboxylic acids is 1. The zero-order valence-electron chi connectivity index (χ0n) is 23.4. The van der Waals surface area contributed by atoms with E-state index >= 15 is 0 Å². The SMILES string of the molecule is COc1cc(/C=C2/C(C)=C(CC(=O)NCc3cccn3C)c3cc(F)ccc32)cc(OC)c1OCCN(C)C. The summed E-state index contributed by atoms with van der Waals surface area (Å²) >= 11 is 0. The maximum Gasteiger partial charge on any atom is 0.224 e. The molecule has 0 fully saturated rings. The molecule has 0 spiro atoms. The predicted octanol–water partition coefficient (Wildman–Crippen LogP) is 5.16. The van der Waals surface area contributed by atoms with Crippen molar-refractivity contribution in [1.29, 1.82) is 0 Å². The predicted molar refractivity (Wildman–Crippen MR) is 152 cm³/mol. The second kappa shape index (κ2) is 12.2. The number of nitrogens with zero attached hydrogens (tertiary/aromatic N) is 2. The molecule has 0 unspecified atom stereocenters. The molecule has 8 heteroatoms. The van der Waals surface area contributed by atoms with Crippen LogP contribution in [0.3, 0.4) is 0 Å². The third kappa shape index (κ3) is 6.34. The molecule has 1 aliphatic rings. The lowest BCUT2D eigenvalue weighted by atomic mass is 10.00. The van der Waals surface area contributed by atoms with Gasteiger partial charge in [-0.25, -0.2) is 4.39 Å². The van der Waals surface area contributed by atoms with Crippen molar-refractivity contribution < 1.29 is 23.4 Å². The van der Waals surface area contributed by atoms with Gasteiger partial charge < -0.3 is 29.0 Å². The number of carbonyl (C=O) groups is 1. The number of nitrogens with one attached hydrogen (secondary N) is 1. The van der Waals surface area contributed by atoms with E-state index in [0.717, 1.165) is 45.6 Å². The summed E-state index contributed by atoms with van der Waals surface area (Å²) in [5.74, 6) is 1.19. The Labute approximate surface area is 229 Å². The average Bonchev–Trinajstić information content (AvgIpc) is 3.43. The number of methoxy groups -OCH3 is 2. The van der Waals surface area contributed by atoms with Crippen LogP contribution in [0.25, 0.3) is 17.2 Å². The summed E-state index contributed by atoms with van der Waals surface area (Å²) in [6.45, 7) is 3.63. The first kappa shape index (κ1) is 28.0. The van der Waals surface area contributed by atoms with Crippen LogP contribution in [0.4, 0.5) is 4.39 Å². The van der Waals surface area contributed by atoms with E-state index in [2.05, 4.69) is 5.32 Å². The zero-order chi connectivity index (χ0) is 28.1. The van der Waals surface area contributed by atoms with Crippen molar-refractivity contribution in [2.24, 2.45) is 7.05 Å². The molecule has 1 heterocycles. The molecule has 0 bridgehead atoms. The van der Waals surface area contributed by atoms with Gasteiger partial charge in [-0.1, -0.05) is 6.07 Å². The van der Waals surface area contributed by atoms with Gasteiger partial charge in [0.25, 0.3) is 0 Å². The highest BCUT2D eigenvalue weighted by Crippen LogP contribution is 2.45. The summed E-state index contributed by atoms with van der Waals surface area (Å²) in [6.07, 6.45) is 4.10. The largest absolute Gasteiger partial charge is 0.493 e. The maximum atomic E-state index is 14.3. The summed E-state index contributed by atoms with van der Waals surface area (Å²) in [5.41, 5.74) is 6.10. The van der Waals surface area contributed by atoms with Crippen LogP contribution in [0.1, 0.15) is 35.7 Å². The van der Waals surface area contributed by atoms with E-state index in [1.54, 1.807) is 20.3 Å². The molecular weight excluding hydrogens is 497 g/mol. The molecule has 39 heavy (non-hydrogen) atoms. The summed E-state index contributed by atoms with van der Waals surface area (Å²) in [5, 5.41) is 2.99. The van der Waals surface area contributed by atoms with E-state index < -0.39 is 0 Å². The fourth-order valence-electron chi connectivity index (χ4n) is 4.70. The summed E-state index contributed by atoms with van der Waals surface area (Å²) in [6, 6.07) is 12.4. The standard InChI is InChI=1S/C31H36FN3O4/c1-20-25(14-21-15-28(37-5)31(29(16-21)38-6)39-13-12-34(2)3)24-10-9-22(32)17-27(24)26(20)18-30(36)33-19-23-8-7-11-35(23)4/h7-11,14-17H,12-13,18-19H2,1-6H3,(H,33,36)/b25-14-. The molecule has 0 saturated heterocycles. The Morgan fingerprint density at radius 1 is 1.08 bits per heavy atom. The van der Waals surface area contributed by atoms with E-state index in [0.29, 0.717) is 30.4 Å². The number of aryl methyl sites for hydroxylation is 1. The van der Waals surface area contributed by atoms with Crippen LogP contribution in [-0.2, 0) is 18.4 Å². The van der Waals surface area contributed by atoms with Crippen LogP contribution in [0, 0.1) is 5.82 Å². The Hall–Kier alpha value is -4.04. The minimum Gasteiger partial charge on any atom is -0.493 e. The van der Waals surface area contributed by atoms with Crippen molar-refractivity contribution in [2.75, 3.05) is 41.5 Å². The molecule has 0 saturated carbocycles. The third-order valence-electron chi connectivity index (χ3n) is 6.89. The molecule has 1 aliphatic carbocycles. The smallest absolute Gasteiger partial charge is 0.224 e. The highest BCUT2D eigenvalue weighted by atomic mass is 19.1. The number of amides is 1. The van der Waals surface area contributed by atoms with Crippen LogP contribution >= 0.6 is 0 Å². The number of hydrogen-bond donors (Lipinski definition) is 1. The molecule has 1 amide bonds. The number of hydrogen-bond acceptors (Lipinski definition) is 5. The lowest BCUT2D eigenvalue weighted by molar-refractivity contribution is -0.120. The molecule has 206 valence electrons. The van der Waals surface area contributed by atoms with E-state index in [-0.39, 0.29) is 18.1 Å². The fourth-order valence-corrected chi connectivity index (χ4v) is 4.70. The summed E-state index contributed by atoms with van der Waals surface area (Å²) in [4.78, 5) is 15.0. The number of aromatic nitrogens is 1. The van der Waals surface area contributed by atoms with Crippen LogP contribution in [0.15, 0.2) is 54.2 Å². The quantitative estimate of drug-likeness (QED) is 0.369. The highest BCUT2D eigenvalue weighted by molar-refractivity contribution is 6.08. The van der Waals surface area contributed by atoms with Crippen LogP contribution < -0.4 is 19.5 Å². The van der Waals surface area contributed by atoms with Crippen molar-refractivity contribution in [1.82, 2.24) is 14.8 Å². The Morgan fingerprint density at radius 2 is 1.79 bits per heavy atom. The summed E-state index contributed by atoms with van der Waals surface area (Å²) in [7, 11) is 9.09. The van der Waals surface area contributed by atoms with Crippen molar-refractivity contribution in [3.8, 4) is 17.2 Å². The lowest BCUT2D eigenvalue weighted by Gasteiger charge is -2.17. The van der Waals surface area contributed by atoms with Crippen LogP contribution in [-0.4, -0.2) is 56.8 Å². The van der Waals surface area contributed by atoms with E-state index in [9.17, 15) is 9.18 Å². The molecule has 0 radical (unpaired) electrons. The summed E-state index contributed by atoms with van der Waals surface area (Å²) < 4.78 is 33.6. The first-order valence-corrected chi connectivity index (χ1v) is 12.8. The third-order valence-corrected chi connectivity index (χ3v) is 6.89. The molecule has 0 atom stereocenters. The Balaban J connectivity index is 1.66. The average molecular weight is 534 g/mol. The maximum absolute atomic E-state index is 14.3. The lowest BCUT2D eigenvalue weighted by Crippen LogP contribution is -2.23. The van der Waals surface area contributed by atoms with Gasteiger partial charge in [0.1, 0.15) is 12.4 Å². The number of halogens is 1. The molecule has 1 aromatic heterocycles. The van der Waals surface area contributed by atoms with E-state index in [1.165, 1.54) is 12.1 Å². The minimum absolute atomic E-state index is 0.121. The monoisotopic (exact) mass is 533 g/mol. The van der Waals surface area contributed by atoms with Gasteiger partial charge in [-0.05, 0) is 96.9 Å². The number of fused-ring (bicyclic) bond motifs is 1. The molecule has 0 aliphatic heterocycles. The topological polar surface area (TPSA) is 65.0 Å². The first-order valence-electron chi connectivity index (χ1n) is 12.8. The van der Waals surface area contributed by atoms with Crippen molar-refractivity contribution in [3.05, 3.63) is 82.4 Å². The van der Waals surface area contributed by atoms with Crippen molar-refractivity contribution in [3.63, 3.8) is 0 Å². The number of allylic oxidation sites excluding steroid dienone is 2. The number of benzene rings is 2. The zero-order valence-corrected chi connectivity index (χ0v) is 23.4. The van der Waals surface area contributed by atoms with Crippen molar-refractivity contribution >= 4 is 23.1 Å². The van der Waals surface area contributed by atoms with Crippen LogP contribution in [0.2, 0.25) is 0 Å². The highest BCUT2D eigenvalue weighted by Gasteiger charge is 2.26. The Bertz CT molecular complexity index is 1400. The van der Waals surface area contributed by atoms with Gasteiger partial charge in [0.05, 0.1) is 27.2 Å². The molecule has 4 rings (SSSR count). The normalized spacial score (nSPS) is 13.7. The molecule has 7 nitrogen and oxygen atoms in total. The Kier molecular flexibility index (Phi) is 8.76. The van der Waals surface area contributed by atoms with Gasteiger partial charge in [0, 0.05) is 25.5 Å². The number of likely N-dealkylation sites (N-methyl/N-ethyl adjacent to an activating group) is 1. The molecule has 2 aromatic carbocycles. The van der Waals surface area contributed by atoms with Gasteiger partial charge in [-0.2, -0.15) is 0 Å². The first-order chi connectivity index (χ1) is 18.7. The second-order valence-electron chi connectivity index (χ2n) is 9.82. The van der Waals surface area contributed by atoms with Gasteiger partial charge in [-0.15, -0.1) is 0 Å². The van der Waals surface area contributed by atoms with Gasteiger partial charge in [0.2, 0.25) is 11.7 Å². The molecule has 1 N–H and O–H groups in total. The van der Waals surface area contributed by atoms with Crippen molar-refractivity contribution in [2.45, 2.75) is 19.9 Å². The second-order valence-corrected chi connectivity index (χ2v) is 9.82. The van der Waals surface area contributed by atoms with Crippen LogP contribution in [0.5, 0.6) is 17.2 Å². The van der Waals surface area contributed by atoms with Gasteiger partial charge in [-0.3, -0.25) is 4.79 Å². The van der Waals surface area contributed by atoms with Gasteiger partial charge in [0.15, 0.2) is 11.5 Å².